The zero-order valence-corrected chi connectivity index (χ0v) is 12.0. The zero-order valence-electron chi connectivity index (χ0n) is 9.37. The Hall–Kier alpha value is -1.12. The number of nitro groups is 1. The lowest BCUT2D eigenvalue weighted by Crippen LogP contribution is -2.16. The zero-order chi connectivity index (χ0) is 12.3. The molecule has 16 heavy (non-hydrogen) atoms. The molecule has 0 spiro atoms. The Balaban J connectivity index is 3.23. The summed E-state index contributed by atoms with van der Waals surface area (Å²) in [7, 11) is -1.51. The fourth-order valence-corrected chi connectivity index (χ4v) is 1.88. The highest BCUT2D eigenvalue weighted by atomic mass is 79.9. The van der Waals surface area contributed by atoms with E-state index < -0.39 is 13.0 Å². The number of halogens is 1. The maximum atomic E-state index is 10.8. The largest absolute Gasteiger partial charge is 0.286 e. The summed E-state index contributed by atoms with van der Waals surface area (Å²) in [4.78, 5) is 10.4. The second kappa shape index (κ2) is 4.81. The van der Waals surface area contributed by atoms with Crippen molar-refractivity contribution in [1.29, 1.82) is 0 Å². The van der Waals surface area contributed by atoms with Gasteiger partial charge in [0.1, 0.15) is 13.6 Å². The van der Waals surface area contributed by atoms with Crippen LogP contribution in [0.5, 0.6) is 0 Å². The Morgan fingerprint density at radius 1 is 1.38 bits per heavy atom. The van der Waals surface area contributed by atoms with Crippen molar-refractivity contribution in [3.8, 4) is 11.5 Å². The van der Waals surface area contributed by atoms with Crippen LogP contribution in [-0.4, -0.2) is 13.0 Å². The lowest BCUT2D eigenvalue weighted by molar-refractivity contribution is -0.385. The fraction of sp³-hybridized carbons (Fsp3) is 0.273. The Morgan fingerprint density at radius 3 is 2.50 bits per heavy atom. The van der Waals surface area contributed by atoms with E-state index in [0.717, 1.165) is 0 Å². The summed E-state index contributed by atoms with van der Waals surface area (Å²) < 4.78 is 0.692. The predicted octanol–water partition coefficient (Wildman–Crippen LogP) is 3.59. The van der Waals surface area contributed by atoms with Crippen molar-refractivity contribution in [1.82, 2.24) is 0 Å². The molecule has 1 aromatic rings. The van der Waals surface area contributed by atoms with Crippen molar-refractivity contribution in [3.05, 3.63) is 38.3 Å². The number of hydrogen-bond donors (Lipinski definition) is 0. The van der Waals surface area contributed by atoms with E-state index in [9.17, 15) is 10.1 Å². The molecule has 0 amide bonds. The van der Waals surface area contributed by atoms with Gasteiger partial charge in [0.2, 0.25) is 0 Å². The molecule has 84 valence electrons. The summed E-state index contributed by atoms with van der Waals surface area (Å²) in [6, 6.07) is 4.92. The summed E-state index contributed by atoms with van der Waals surface area (Å²) in [6.07, 6.45) is 0. The van der Waals surface area contributed by atoms with Crippen LogP contribution in [0.2, 0.25) is 19.6 Å². The van der Waals surface area contributed by atoms with Gasteiger partial charge in [0, 0.05) is 10.5 Å². The molecular weight excluding hydrogens is 286 g/mol. The summed E-state index contributed by atoms with van der Waals surface area (Å²) in [6.45, 7) is 6.31. The smallest absolute Gasteiger partial charge is 0.258 e. The summed E-state index contributed by atoms with van der Waals surface area (Å²) in [5.41, 5.74) is 3.66. The normalized spacial score (nSPS) is 10.5. The number of nitrogens with zero attached hydrogens (tertiary/aromatic N) is 1. The number of nitro benzene ring substituents is 1. The van der Waals surface area contributed by atoms with E-state index >= 15 is 0 Å². The van der Waals surface area contributed by atoms with Crippen LogP contribution in [0.1, 0.15) is 5.56 Å². The maximum Gasteiger partial charge on any atom is 0.286 e. The Labute approximate surface area is 104 Å². The first-order valence-electron chi connectivity index (χ1n) is 4.77. The fourth-order valence-electron chi connectivity index (χ4n) is 1.02. The van der Waals surface area contributed by atoms with Gasteiger partial charge >= 0.3 is 0 Å². The third-order valence-corrected chi connectivity index (χ3v) is 3.10. The van der Waals surface area contributed by atoms with E-state index in [1.54, 1.807) is 12.1 Å². The highest BCUT2D eigenvalue weighted by Crippen LogP contribution is 2.22. The number of hydrogen-bond acceptors (Lipinski definition) is 2. The molecule has 0 aliphatic heterocycles. The molecule has 0 saturated heterocycles. The second-order valence-corrected chi connectivity index (χ2v) is 10.1. The summed E-state index contributed by atoms with van der Waals surface area (Å²) in [5, 5.41) is 10.8. The van der Waals surface area contributed by atoms with Crippen molar-refractivity contribution in [2.75, 3.05) is 0 Å². The highest BCUT2D eigenvalue weighted by Gasteiger charge is 2.13. The molecule has 1 aromatic carbocycles. The SMILES string of the molecule is C[Si](C)(C)C#Cc1ccc(Br)cc1[N+](=O)[O-]. The molecule has 0 aromatic heterocycles. The lowest BCUT2D eigenvalue weighted by atomic mass is 10.2. The lowest BCUT2D eigenvalue weighted by Gasteiger charge is -2.03. The molecular formula is C11H12BrNO2Si. The van der Waals surface area contributed by atoms with E-state index in [1.165, 1.54) is 6.07 Å². The first kappa shape index (κ1) is 12.9. The first-order valence-corrected chi connectivity index (χ1v) is 9.06. The van der Waals surface area contributed by atoms with E-state index in [2.05, 4.69) is 47.0 Å². The molecule has 0 saturated carbocycles. The molecule has 0 aliphatic rings. The summed E-state index contributed by atoms with van der Waals surface area (Å²) >= 11 is 3.21. The quantitative estimate of drug-likeness (QED) is 0.344. The summed E-state index contributed by atoms with van der Waals surface area (Å²) in [5.74, 6) is 2.91. The first-order chi connectivity index (χ1) is 7.29. The van der Waals surface area contributed by atoms with Gasteiger partial charge in [-0.1, -0.05) is 41.5 Å². The minimum Gasteiger partial charge on any atom is -0.258 e. The third-order valence-electron chi connectivity index (χ3n) is 1.73. The maximum absolute atomic E-state index is 10.8. The van der Waals surface area contributed by atoms with E-state index in [0.29, 0.717) is 10.0 Å². The molecule has 1 rings (SSSR count). The van der Waals surface area contributed by atoms with Gasteiger partial charge in [0.15, 0.2) is 0 Å². The van der Waals surface area contributed by atoms with Gasteiger partial charge in [0.25, 0.3) is 5.69 Å². The van der Waals surface area contributed by atoms with Crippen LogP contribution in [0.15, 0.2) is 22.7 Å². The molecule has 3 nitrogen and oxygen atoms in total. The molecule has 0 N–H and O–H groups in total. The van der Waals surface area contributed by atoms with Crippen LogP contribution in [0, 0.1) is 21.6 Å². The molecule has 0 heterocycles. The van der Waals surface area contributed by atoms with Crippen LogP contribution in [0.4, 0.5) is 5.69 Å². The van der Waals surface area contributed by atoms with E-state index in [-0.39, 0.29) is 5.69 Å². The van der Waals surface area contributed by atoms with Crippen LogP contribution in [-0.2, 0) is 0 Å². The van der Waals surface area contributed by atoms with Crippen molar-refractivity contribution < 1.29 is 4.92 Å². The molecule has 0 atom stereocenters. The van der Waals surface area contributed by atoms with E-state index in [1.807, 2.05) is 0 Å². The van der Waals surface area contributed by atoms with Gasteiger partial charge in [0.05, 0.1) is 4.92 Å². The molecule has 0 fully saturated rings. The average molecular weight is 298 g/mol. The van der Waals surface area contributed by atoms with Crippen LogP contribution >= 0.6 is 15.9 Å². The molecule has 0 unspecified atom stereocenters. The second-order valence-electron chi connectivity index (χ2n) is 4.42. The molecule has 0 aliphatic carbocycles. The Kier molecular flexibility index (Phi) is 3.89. The van der Waals surface area contributed by atoms with Crippen molar-refractivity contribution in [2.45, 2.75) is 19.6 Å². The van der Waals surface area contributed by atoms with Crippen molar-refractivity contribution in [3.63, 3.8) is 0 Å². The number of rotatable bonds is 1. The Morgan fingerprint density at radius 2 is 2.00 bits per heavy atom. The molecule has 0 radical (unpaired) electrons. The highest BCUT2D eigenvalue weighted by molar-refractivity contribution is 9.10. The van der Waals surface area contributed by atoms with Crippen LogP contribution in [0.3, 0.4) is 0 Å². The predicted molar refractivity (Wildman–Crippen MR) is 71.0 cm³/mol. The van der Waals surface area contributed by atoms with Crippen LogP contribution in [0.25, 0.3) is 0 Å². The van der Waals surface area contributed by atoms with Gasteiger partial charge in [-0.25, -0.2) is 0 Å². The number of benzene rings is 1. The third kappa shape index (κ3) is 3.80. The van der Waals surface area contributed by atoms with Crippen molar-refractivity contribution >= 4 is 29.7 Å². The topological polar surface area (TPSA) is 43.1 Å². The molecule has 0 bridgehead atoms. The molecule has 5 heteroatoms. The van der Waals surface area contributed by atoms with Gasteiger partial charge in [-0.3, -0.25) is 10.1 Å². The Bertz CT molecular complexity index is 483. The minimum absolute atomic E-state index is 0.0557. The van der Waals surface area contributed by atoms with Crippen molar-refractivity contribution in [2.24, 2.45) is 0 Å². The average Bonchev–Trinajstić information content (AvgIpc) is 2.14. The van der Waals surface area contributed by atoms with Gasteiger partial charge in [-0.15, -0.1) is 5.54 Å². The standard InChI is InChI=1S/C11H12BrNO2Si/c1-16(2,3)7-6-9-4-5-10(12)8-11(9)13(14)15/h4-5,8H,1-3H3. The van der Waals surface area contributed by atoms with E-state index in [4.69, 9.17) is 0 Å². The van der Waals surface area contributed by atoms with Crippen LogP contribution < -0.4 is 0 Å². The minimum atomic E-state index is -1.51. The van der Waals surface area contributed by atoms with Gasteiger partial charge < -0.3 is 0 Å². The van der Waals surface area contributed by atoms with Gasteiger partial charge in [-0.2, -0.15) is 0 Å². The monoisotopic (exact) mass is 297 g/mol. The van der Waals surface area contributed by atoms with Gasteiger partial charge in [-0.05, 0) is 12.1 Å².